The number of carbonyl (C=O) groups excluding carboxylic acids is 2. The smallest absolute Gasteiger partial charge is 0.362 e. The molecule has 1 amide bonds. The Balaban J connectivity index is 1.84. The van der Waals surface area contributed by atoms with Gasteiger partial charge in [-0.25, -0.2) is 9.18 Å². The minimum absolute atomic E-state index is 0.0878. The molecule has 1 heterocycles. The molecule has 8 nitrogen and oxygen atoms in total. The molecule has 9 heteroatoms. The van der Waals surface area contributed by atoms with Crippen LogP contribution in [0.1, 0.15) is 17.4 Å². The standard InChI is InChI=1S/C21H18FN3O5/c1-2-29-21(28)20-17(12-19(27)25(24-20)16-9-4-3-5-10-16)30-13-18(26)23-15-8-6-7-14(22)11-15/h3-12H,2,13H2,1H3,(H,23,26). The van der Waals surface area contributed by atoms with Gasteiger partial charge in [0.2, 0.25) is 5.69 Å². The monoisotopic (exact) mass is 411 g/mol. The molecular formula is C21H18FN3O5. The maximum Gasteiger partial charge on any atom is 0.362 e. The molecule has 3 rings (SSSR count). The van der Waals surface area contributed by atoms with Gasteiger partial charge in [0.1, 0.15) is 5.82 Å². The summed E-state index contributed by atoms with van der Waals surface area (Å²) in [5, 5.41) is 6.51. The Hall–Kier alpha value is -4.01. The molecule has 0 atom stereocenters. The highest BCUT2D eigenvalue weighted by molar-refractivity contribution is 5.93. The predicted molar refractivity (Wildman–Crippen MR) is 106 cm³/mol. The highest BCUT2D eigenvalue weighted by Gasteiger charge is 2.20. The fourth-order valence-corrected chi connectivity index (χ4v) is 2.55. The summed E-state index contributed by atoms with van der Waals surface area (Å²) in [5.41, 5.74) is -0.121. The third kappa shape index (κ3) is 5.07. The van der Waals surface area contributed by atoms with Gasteiger partial charge in [-0.2, -0.15) is 9.78 Å². The van der Waals surface area contributed by atoms with Crippen LogP contribution in [0, 0.1) is 5.82 Å². The summed E-state index contributed by atoms with van der Waals surface area (Å²) in [4.78, 5) is 36.9. The van der Waals surface area contributed by atoms with E-state index in [1.165, 1.54) is 18.2 Å². The Morgan fingerprint density at radius 2 is 1.87 bits per heavy atom. The Bertz CT molecular complexity index is 1120. The lowest BCUT2D eigenvalue weighted by Crippen LogP contribution is -2.27. The number of nitrogens with one attached hydrogen (secondary N) is 1. The number of anilines is 1. The lowest BCUT2D eigenvalue weighted by atomic mass is 10.3. The molecule has 30 heavy (non-hydrogen) atoms. The van der Waals surface area contributed by atoms with Gasteiger partial charge in [0.05, 0.1) is 18.4 Å². The van der Waals surface area contributed by atoms with E-state index < -0.39 is 29.9 Å². The Labute approximate surface area is 170 Å². The first-order valence-electron chi connectivity index (χ1n) is 9.03. The van der Waals surface area contributed by atoms with E-state index in [1.54, 1.807) is 37.3 Å². The van der Waals surface area contributed by atoms with Crippen molar-refractivity contribution in [3.8, 4) is 11.4 Å². The normalized spacial score (nSPS) is 10.3. The number of hydrogen-bond donors (Lipinski definition) is 1. The summed E-state index contributed by atoms with van der Waals surface area (Å²) in [6.07, 6.45) is 0. The summed E-state index contributed by atoms with van der Waals surface area (Å²) < 4.78 is 24.6. The van der Waals surface area contributed by atoms with E-state index in [-0.39, 0.29) is 23.7 Å². The van der Waals surface area contributed by atoms with Crippen LogP contribution in [-0.2, 0) is 9.53 Å². The molecule has 0 unspecified atom stereocenters. The van der Waals surface area contributed by atoms with Crippen molar-refractivity contribution in [2.24, 2.45) is 0 Å². The molecule has 1 aromatic heterocycles. The van der Waals surface area contributed by atoms with E-state index in [9.17, 15) is 18.8 Å². The SMILES string of the molecule is CCOC(=O)c1nn(-c2ccccc2)c(=O)cc1OCC(=O)Nc1cccc(F)c1. The van der Waals surface area contributed by atoms with Crippen LogP contribution in [0.3, 0.4) is 0 Å². The zero-order chi connectivity index (χ0) is 21.5. The van der Waals surface area contributed by atoms with Crippen LogP contribution in [0.15, 0.2) is 65.5 Å². The van der Waals surface area contributed by atoms with Gasteiger partial charge in [0, 0.05) is 5.69 Å². The molecule has 0 bridgehead atoms. The summed E-state index contributed by atoms with van der Waals surface area (Å²) in [6, 6.07) is 14.9. The molecule has 0 saturated heterocycles. The van der Waals surface area contributed by atoms with E-state index >= 15 is 0 Å². The molecule has 0 saturated carbocycles. The van der Waals surface area contributed by atoms with Crippen LogP contribution >= 0.6 is 0 Å². The minimum atomic E-state index is -0.803. The van der Waals surface area contributed by atoms with Crippen molar-refractivity contribution in [1.29, 1.82) is 0 Å². The number of ether oxygens (including phenoxy) is 2. The lowest BCUT2D eigenvalue weighted by molar-refractivity contribution is -0.118. The number of aromatic nitrogens is 2. The van der Waals surface area contributed by atoms with Crippen molar-refractivity contribution in [3.63, 3.8) is 0 Å². The second-order valence-electron chi connectivity index (χ2n) is 6.01. The average Bonchev–Trinajstić information content (AvgIpc) is 2.73. The van der Waals surface area contributed by atoms with Crippen molar-refractivity contribution in [3.05, 3.63) is 82.5 Å². The van der Waals surface area contributed by atoms with Crippen molar-refractivity contribution in [2.45, 2.75) is 6.92 Å². The van der Waals surface area contributed by atoms with Gasteiger partial charge in [-0.1, -0.05) is 24.3 Å². The third-order valence-corrected chi connectivity index (χ3v) is 3.83. The van der Waals surface area contributed by atoms with E-state index in [4.69, 9.17) is 9.47 Å². The average molecular weight is 411 g/mol. The largest absolute Gasteiger partial charge is 0.481 e. The molecule has 0 fully saturated rings. The summed E-state index contributed by atoms with van der Waals surface area (Å²) in [5.74, 6) is -2.11. The fourth-order valence-electron chi connectivity index (χ4n) is 2.55. The van der Waals surface area contributed by atoms with Gasteiger partial charge >= 0.3 is 5.97 Å². The van der Waals surface area contributed by atoms with Gasteiger partial charge in [0.25, 0.3) is 11.5 Å². The Morgan fingerprint density at radius 3 is 2.57 bits per heavy atom. The highest BCUT2D eigenvalue weighted by Crippen LogP contribution is 2.17. The predicted octanol–water partition coefficient (Wildman–Crippen LogP) is 2.57. The molecule has 0 spiro atoms. The van der Waals surface area contributed by atoms with E-state index in [0.29, 0.717) is 5.69 Å². The molecule has 3 aromatic rings. The zero-order valence-corrected chi connectivity index (χ0v) is 16.0. The van der Waals surface area contributed by atoms with Gasteiger partial charge in [0.15, 0.2) is 12.4 Å². The molecule has 0 aliphatic heterocycles. The number of hydrogen-bond acceptors (Lipinski definition) is 6. The van der Waals surface area contributed by atoms with Gasteiger partial charge in [-0.05, 0) is 37.3 Å². The Morgan fingerprint density at radius 1 is 1.10 bits per heavy atom. The third-order valence-electron chi connectivity index (χ3n) is 3.83. The first-order chi connectivity index (χ1) is 14.5. The van der Waals surface area contributed by atoms with Gasteiger partial charge in [-0.15, -0.1) is 0 Å². The first kappa shape index (κ1) is 20.7. The molecule has 0 aliphatic carbocycles. The van der Waals surface area contributed by atoms with Crippen LogP contribution in [-0.4, -0.2) is 34.9 Å². The van der Waals surface area contributed by atoms with Crippen LogP contribution < -0.4 is 15.6 Å². The van der Waals surface area contributed by atoms with Crippen LogP contribution in [0.2, 0.25) is 0 Å². The number of nitrogens with zero attached hydrogens (tertiary/aromatic N) is 2. The summed E-state index contributed by atoms with van der Waals surface area (Å²) >= 11 is 0. The summed E-state index contributed by atoms with van der Waals surface area (Å²) in [6.45, 7) is 1.18. The van der Waals surface area contributed by atoms with Crippen molar-refractivity contribution >= 4 is 17.6 Å². The number of carbonyl (C=O) groups is 2. The number of para-hydroxylation sites is 1. The summed E-state index contributed by atoms with van der Waals surface area (Å²) in [7, 11) is 0. The first-order valence-corrected chi connectivity index (χ1v) is 9.03. The number of esters is 1. The number of benzene rings is 2. The lowest BCUT2D eigenvalue weighted by Gasteiger charge is -2.12. The topological polar surface area (TPSA) is 99.5 Å². The van der Waals surface area contributed by atoms with Crippen molar-refractivity contribution in [1.82, 2.24) is 9.78 Å². The van der Waals surface area contributed by atoms with E-state index in [2.05, 4.69) is 10.4 Å². The second kappa shape index (κ2) is 9.46. The quantitative estimate of drug-likeness (QED) is 0.600. The fraction of sp³-hybridized carbons (Fsp3) is 0.143. The zero-order valence-electron chi connectivity index (χ0n) is 16.0. The number of rotatable bonds is 7. The maximum absolute atomic E-state index is 13.2. The number of halogens is 1. The van der Waals surface area contributed by atoms with Crippen molar-refractivity contribution < 1.29 is 23.5 Å². The van der Waals surface area contributed by atoms with E-state index in [1.807, 2.05) is 0 Å². The highest BCUT2D eigenvalue weighted by atomic mass is 19.1. The molecule has 2 aromatic carbocycles. The number of amides is 1. The Kier molecular flexibility index (Phi) is 6.53. The molecule has 0 radical (unpaired) electrons. The van der Waals surface area contributed by atoms with Gasteiger partial charge < -0.3 is 14.8 Å². The molecule has 154 valence electrons. The maximum atomic E-state index is 13.2. The minimum Gasteiger partial charge on any atom is -0.481 e. The molecule has 1 N–H and O–H groups in total. The molecule has 0 aliphatic rings. The van der Waals surface area contributed by atoms with Crippen molar-refractivity contribution in [2.75, 3.05) is 18.5 Å². The molecular weight excluding hydrogens is 393 g/mol. The van der Waals surface area contributed by atoms with Crippen LogP contribution in [0.5, 0.6) is 5.75 Å². The van der Waals surface area contributed by atoms with Gasteiger partial charge in [-0.3, -0.25) is 9.59 Å². The van der Waals surface area contributed by atoms with Crippen LogP contribution in [0.4, 0.5) is 10.1 Å². The second-order valence-corrected chi connectivity index (χ2v) is 6.01. The van der Waals surface area contributed by atoms with E-state index in [0.717, 1.165) is 16.8 Å². The van der Waals surface area contributed by atoms with Crippen LogP contribution in [0.25, 0.3) is 5.69 Å².